The molecule has 8 heteroatoms. The van der Waals surface area contributed by atoms with E-state index in [9.17, 15) is 9.90 Å². The van der Waals surface area contributed by atoms with Crippen molar-refractivity contribution < 1.29 is 15.0 Å². The second kappa shape index (κ2) is 7.05. The molecule has 0 aromatic carbocycles. The fraction of sp³-hybridized carbons (Fsp3) is 0.750. The highest BCUT2D eigenvalue weighted by atomic mass is 32.2. The average Bonchev–Trinajstić information content (AvgIpc) is 2.66. The summed E-state index contributed by atoms with van der Waals surface area (Å²) in [6.45, 7) is 5.49. The molecule has 0 fully saturated rings. The van der Waals surface area contributed by atoms with Gasteiger partial charge in [0.1, 0.15) is 6.61 Å². The first-order valence-electron chi connectivity index (χ1n) is 6.27. The Morgan fingerprint density at radius 2 is 2.05 bits per heavy atom. The Hall–Kier alpha value is -1.12. The highest BCUT2D eigenvalue weighted by molar-refractivity contribution is 7.99. The largest absolute Gasteiger partial charge is 0.481 e. The van der Waals surface area contributed by atoms with Crippen molar-refractivity contribution in [3.63, 3.8) is 0 Å². The zero-order valence-electron chi connectivity index (χ0n) is 12.3. The van der Waals surface area contributed by atoms with Gasteiger partial charge in [0.2, 0.25) is 0 Å². The summed E-state index contributed by atoms with van der Waals surface area (Å²) < 4.78 is 1.80. The predicted octanol–water partition coefficient (Wildman–Crippen LogP) is 0.535. The van der Waals surface area contributed by atoms with Gasteiger partial charge in [-0.15, -0.1) is 10.2 Å². The molecule has 0 aliphatic rings. The lowest BCUT2D eigenvalue weighted by Gasteiger charge is -2.29. The van der Waals surface area contributed by atoms with Gasteiger partial charge in [-0.1, -0.05) is 25.6 Å². The number of carbonyl (C=O) groups is 1. The molecular weight excluding hydrogens is 280 g/mol. The molecule has 2 N–H and O–H groups in total. The van der Waals surface area contributed by atoms with E-state index < -0.39 is 5.97 Å². The molecule has 0 saturated carbocycles. The molecule has 0 spiro atoms. The molecule has 1 aromatic rings. The van der Waals surface area contributed by atoms with E-state index in [0.29, 0.717) is 17.5 Å². The molecule has 114 valence electrons. The third-order valence-electron chi connectivity index (χ3n) is 2.59. The Morgan fingerprint density at radius 1 is 1.40 bits per heavy atom. The number of carboxylic acids is 1. The second-order valence-corrected chi connectivity index (χ2v) is 6.67. The number of aliphatic hydroxyl groups excluding tert-OH is 1. The fourth-order valence-electron chi connectivity index (χ4n) is 2.16. The summed E-state index contributed by atoms with van der Waals surface area (Å²) in [6.07, 6.45) is 0. The maximum absolute atomic E-state index is 10.7. The van der Waals surface area contributed by atoms with Gasteiger partial charge in [0.25, 0.3) is 0 Å². The Morgan fingerprint density at radius 3 is 2.55 bits per heavy atom. The van der Waals surface area contributed by atoms with Crippen molar-refractivity contribution in [1.82, 2.24) is 19.7 Å². The quantitative estimate of drug-likeness (QED) is 0.677. The molecule has 0 saturated heterocycles. The minimum Gasteiger partial charge on any atom is -0.481 e. The number of aliphatic hydroxyl groups is 1. The lowest BCUT2D eigenvalue weighted by Crippen LogP contribution is -2.33. The van der Waals surface area contributed by atoms with E-state index in [-0.39, 0.29) is 17.8 Å². The van der Waals surface area contributed by atoms with Crippen LogP contribution in [0.25, 0.3) is 0 Å². The van der Waals surface area contributed by atoms with Gasteiger partial charge in [0.15, 0.2) is 11.0 Å². The summed E-state index contributed by atoms with van der Waals surface area (Å²) in [5.41, 5.74) is -0.0473. The molecule has 1 rings (SSSR count). The first kappa shape index (κ1) is 16.9. The topological polar surface area (TPSA) is 91.5 Å². The number of rotatable bonds is 8. The minimum absolute atomic E-state index is 0.0473. The van der Waals surface area contributed by atoms with E-state index in [1.165, 1.54) is 0 Å². The fourth-order valence-corrected chi connectivity index (χ4v) is 2.84. The summed E-state index contributed by atoms with van der Waals surface area (Å²) in [5, 5.41) is 26.5. The average molecular weight is 302 g/mol. The third-order valence-corrected chi connectivity index (χ3v) is 3.54. The van der Waals surface area contributed by atoms with E-state index in [1.807, 2.05) is 14.1 Å². The van der Waals surface area contributed by atoms with Crippen molar-refractivity contribution >= 4 is 17.7 Å². The number of aliphatic carboxylic acids is 1. The van der Waals surface area contributed by atoms with Crippen molar-refractivity contribution in [2.45, 2.75) is 32.2 Å². The van der Waals surface area contributed by atoms with Crippen molar-refractivity contribution in [2.24, 2.45) is 5.41 Å². The standard InChI is InChI=1S/C12H22N4O3S/c1-12(2,7-15(3)4)8-16-9(5-17)13-14-11(16)20-6-10(18)19/h17H,5-8H2,1-4H3,(H,18,19). The van der Waals surface area contributed by atoms with E-state index in [1.54, 1.807) is 4.57 Å². The van der Waals surface area contributed by atoms with E-state index in [4.69, 9.17) is 5.11 Å². The summed E-state index contributed by atoms with van der Waals surface area (Å²) in [7, 11) is 4.00. The molecule has 0 atom stereocenters. The monoisotopic (exact) mass is 302 g/mol. The van der Waals surface area contributed by atoms with E-state index >= 15 is 0 Å². The highest BCUT2D eigenvalue weighted by Gasteiger charge is 2.24. The van der Waals surface area contributed by atoms with Gasteiger partial charge in [-0.25, -0.2) is 0 Å². The van der Waals surface area contributed by atoms with E-state index in [0.717, 1.165) is 18.3 Å². The molecule has 20 heavy (non-hydrogen) atoms. The van der Waals surface area contributed by atoms with Crippen LogP contribution in [0.1, 0.15) is 19.7 Å². The molecule has 1 heterocycles. The van der Waals surface area contributed by atoms with Gasteiger partial charge in [-0.3, -0.25) is 4.79 Å². The first-order chi connectivity index (χ1) is 9.25. The number of carboxylic acid groups (broad SMARTS) is 1. The number of hydrogen-bond acceptors (Lipinski definition) is 6. The molecule has 0 unspecified atom stereocenters. The normalized spacial score (nSPS) is 12.1. The van der Waals surface area contributed by atoms with Crippen LogP contribution in [0.5, 0.6) is 0 Å². The predicted molar refractivity (Wildman–Crippen MR) is 76.6 cm³/mol. The molecule has 0 aliphatic carbocycles. The summed E-state index contributed by atoms with van der Waals surface area (Å²) in [6, 6.07) is 0. The SMILES string of the molecule is CN(C)CC(C)(C)Cn1c(CO)nnc1SCC(=O)O. The highest BCUT2D eigenvalue weighted by Crippen LogP contribution is 2.24. The molecule has 0 amide bonds. The summed E-state index contributed by atoms with van der Waals surface area (Å²) in [4.78, 5) is 12.7. The van der Waals surface area contributed by atoms with Crippen LogP contribution in [-0.2, 0) is 17.9 Å². The smallest absolute Gasteiger partial charge is 0.313 e. The van der Waals surface area contributed by atoms with Crippen LogP contribution in [0.4, 0.5) is 0 Å². The number of thioether (sulfide) groups is 1. The van der Waals surface area contributed by atoms with Crippen molar-refractivity contribution in [3.05, 3.63) is 5.82 Å². The van der Waals surface area contributed by atoms with Crippen molar-refractivity contribution in [1.29, 1.82) is 0 Å². The van der Waals surface area contributed by atoms with Crippen LogP contribution in [0, 0.1) is 5.41 Å². The Kier molecular flexibility index (Phi) is 5.97. The van der Waals surface area contributed by atoms with Crippen LogP contribution in [-0.4, -0.2) is 62.2 Å². The van der Waals surface area contributed by atoms with Crippen molar-refractivity contribution in [3.8, 4) is 0 Å². The third kappa shape index (κ3) is 5.10. The van der Waals surface area contributed by atoms with Gasteiger partial charge in [0.05, 0.1) is 5.75 Å². The Balaban J connectivity index is 2.90. The van der Waals surface area contributed by atoms with Crippen molar-refractivity contribution in [2.75, 3.05) is 26.4 Å². The lowest BCUT2D eigenvalue weighted by atomic mass is 9.93. The zero-order chi connectivity index (χ0) is 15.3. The molecule has 0 radical (unpaired) electrons. The number of aromatic nitrogens is 3. The first-order valence-corrected chi connectivity index (χ1v) is 7.26. The van der Waals surface area contributed by atoms with Crippen LogP contribution < -0.4 is 0 Å². The van der Waals surface area contributed by atoms with Crippen LogP contribution in [0.3, 0.4) is 0 Å². The van der Waals surface area contributed by atoms with Gasteiger partial charge < -0.3 is 19.7 Å². The Bertz CT molecular complexity index is 460. The number of hydrogen-bond donors (Lipinski definition) is 2. The summed E-state index contributed by atoms with van der Waals surface area (Å²) in [5.74, 6) is -0.509. The molecule has 0 bridgehead atoms. The second-order valence-electron chi connectivity index (χ2n) is 5.73. The van der Waals surface area contributed by atoms with Gasteiger partial charge in [-0.2, -0.15) is 0 Å². The van der Waals surface area contributed by atoms with Crippen LogP contribution >= 0.6 is 11.8 Å². The molecule has 7 nitrogen and oxygen atoms in total. The van der Waals surface area contributed by atoms with Crippen LogP contribution in [0.2, 0.25) is 0 Å². The molecule has 0 aliphatic heterocycles. The molecule has 1 aromatic heterocycles. The molecular formula is C12H22N4O3S. The van der Waals surface area contributed by atoms with Crippen LogP contribution in [0.15, 0.2) is 5.16 Å². The Labute approximate surface area is 123 Å². The zero-order valence-corrected chi connectivity index (χ0v) is 13.1. The van der Waals surface area contributed by atoms with E-state index in [2.05, 4.69) is 28.9 Å². The van der Waals surface area contributed by atoms with Gasteiger partial charge in [0, 0.05) is 13.1 Å². The number of nitrogens with zero attached hydrogens (tertiary/aromatic N) is 4. The maximum Gasteiger partial charge on any atom is 0.313 e. The minimum atomic E-state index is -0.900. The van der Waals surface area contributed by atoms with Gasteiger partial charge in [-0.05, 0) is 19.5 Å². The lowest BCUT2D eigenvalue weighted by molar-refractivity contribution is -0.133. The summed E-state index contributed by atoms with van der Waals surface area (Å²) >= 11 is 1.12. The van der Waals surface area contributed by atoms with Gasteiger partial charge >= 0.3 is 5.97 Å². The maximum atomic E-state index is 10.7.